The highest BCUT2D eigenvalue weighted by atomic mass is 32.2. The number of hydrogen-bond donors (Lipinski definition) is 1. The molecule has 0 spiro atoms. The minimum atomic E-state index is -0.969. The van der Waals surface area contributed by atoms with Gasteiger partial charge < -0.3 is 10.5 Å². The van der Waals surface area contributed by atoms with E-state index in [4.69, 9.17) is 10.5 Å². The highest BCUT2D eigenvalue weighted by molar-refractivity contribution is 7.85. The van der Waals surface area contributed by atoms with E-state index in [1.807, 2.05) is 25.1 Å². The summed E-state index contributed by atoms with van der Waals surface area (Å²) in [7, 11) is -0.969. The van der Waals surface area contributed by atoms with Gasteiger partial charge in [-0.05, 0) is 24.6 Å². The van der Waals surface area contributed by atoms with Crippen molar-refractivity contribution in [1.82, 2.24) is 4.90 Å². The van der Waals surface area contributed by atoms with E-state index >= 15 is 0 Å². The van der Waals surface area contributed by atoms with Crippen LogP contribution in [0.2, 0.25) is 0 Å². The van der Waals surface area contributed by atoms with Gasteiger partial charge in [-0.1, -0.05) is 6.07 Å². The molecule has 18 heavy (non-hydrogen) atoms. The fraction of sp³-hybridized carbons (Fsp3) is 0.538. The third-order valence-corrected chi connectivity index (χ3v) is 4.64. The molecule has 0 aliphatic carbocycles. The number of nitrogen functional groups attached to an aromatic ring is 1. The Labute approximate surface area is 111 Å². The maximum Gasteiger partial charge on any atom is 0.0594 e. The van der Waals surface area contributed by atoms with Crippen LogP contribution in [0.4, 0.5) is 5.69 Å². The summed E-state index contributed by atoms with van der Waals surface area (Å²) >= 11 is 0. The van der Waals surface area contributed by atoms with Crippen LogP contribution >= 0.6 is 0 Å². The minimum absolute atomic E-state index is 0.657. The zero-order chi connectivity index (χ0) is 13.0. The first-order valence-electron chi connectivity index (χ1n) is 6.21. The Morgan fingerprint density at radius 1 is 1.39 bits per heavy atom. The molecule has 2 rings (SSSR count). The lowest BCUT2D eigenvalue weighted by Crippen LogP contribution is -2.38. The molecule has 4 nitrogen and oxygen atoms in total. The van der Waals surface area contributed by atoms with Gasteiger partial charge in [-0.2, -0.15) is 0 Å². The number of hydrogen-bond acceptors (Lipinski definition) is 4. The van der Waals surface area contributed by atoms with Crippen molar-refractivity contribution in [2.24, 2.45) is 0 Å². The first kappa shape index (κ1) is 13.5. The molecular weight excluding hydrogens is 248 g/mol. The first-order valence-corrected chi connectivity index (χ1v) is 7.53. The maximum atomic E-state index is 12.3. The van der Waals surface area contributed by atoms with Gasteiger partial charge in [-0.25, -0.2) is 0 Å². The Balaban J connectivity index is 1.92. The van der Waals surface area contributed by atoms with Crippen molar-refractivity contribution in [3.63, 3.8) is 0 Å². The molecule has 0 bridgehead atoms. The summed E-state index contributed by atoms with van der Waals surface area (Å²) in [5.74, 6) is 0.657. The van der Waals surface area contributed by atoms with E-state index in [0.29, 0.717) is 11.4 Å². The van der Waals surface area contributed by atoms with E-state index in [1.165, 1.54) is 0 Å². The Bertz CT molecular complexity index is 431. The Kier molecular flexibility index (Phi) is 4.74. The Morgan fingerprint density at radius 3 is 2.83 bits per heavy atom. The topological polar surface area (TPSA) is 55.6 Å². The molecule has 100 valence electrons. The third-order valence-electron chi connectivity index (χ3n) is 3.15. The van der Waals surface area contributed by atoms with Gasteiger partial charge >= 0.3 is 0 Å². The molecule has 1 saturated heterocycles. The number of anilines is 1. The molecule has 1 heterocycles. The van der Waals surface area contributed by atoms with Crippen molar-refractivity contribution in [3.05, 3.63) is 23.8 Å². The average molecular weight is 268 g/mol. The van der Waals surface area contributed by atoms with Gasteiger partial charge in [0, 0.05) is 36.0 Å². The molecule has 1 aliphatic rings. The number of morpholine rings is 1. The van der Waals surface area contributed by atoms with Crippen molar-refractivity contribution < 1.29 is 8.95 Å². The van der Waals surface area contributed by atoms with E-state index in [2.05, 4.69) is 4.90 Å². The maximum absolute atomic E-state index is 12.3. The van der Waals surface area contributed by atoms with Crippen LogP contribution in [0.1, 0.15) is 5.56 Å². The van der Waals surface area contributed by atoms with Crippen LogP contribution in [0.15, 0.2) is 23.1 Å². The SMILES string of the molecule is Cc1ccc(N)cc1S(=O)CCN1CCOCC1. The molecule has 1 aromatic rings. The molecule has 0 aromatic heterocycles. The van der Waals surface area contributed by atoms with E-state index < -0.39 is 10.8 Å². The highest BCUT2D eigenvalue weighted by Gasteiger charge is 2.13. The molecule has 0 amide bonds. The summed E-state index contributed by atoms with van der Waals surface area (Å²) in [4.78, 5) is 3.16. The Hall–Kier alpha value is -0.910. The summed E-state index contributed by atoms with van der Waals surface area (Å²) in [6.07, 6.45) is 0. The molecule has 1 fully saturated rings. The lowest BCUT2D eigenvalue weighted by Gasteiger charge is -2.26. The van der Waals surface area contributed by atoms with E-state index in [0.717, 1.165) is 43.3 Å². The number of nitrogens with zero attached hydrogens (tertiary/aromatic N) is 1. The molecule has 0 saturated carbocycles. The van der Waals surface area contributed by atoms with Crippen molar-refractivity contribution in [1.29, 1.82) is 0 Å². The second-order valence-corrected chi connectivity index (χ2v) is 6.07. The quantitative estimate of drug-likeness (QED) is 0.828. The summed E-state index contributed by atoms with van der Waals surface area (Å²) in [5, 5.41) is 0. The largest absolute Gasteiger partial charge is 0.399 e. The monoisotopic (exact) mass is 268 g/mol. The normalized spacial score (nSPS) is 18.7. The van der Waals surface area contributed by atoms with Gasteiger partial charge in [-0.15, -0.1) is 0 Å². The second-order valence-electron chi connectivity index (χ2n) is 4.53. The Morgan fingerprint density at radius 2 is 2.11 bits per heavy atom. The van der Waals surface area contributed by atoms with Crippen LogP contribution in [0.3, 0.4) is 0 Å². The van der Waals surface area contributed by atoms with Crippen LogP contribution < -0.4 is 5.73 Å². The highest BCUT2D eigenvalue weighted by Crippen LogP contribution is 2.17. The van der Waals surface area contributed by atoms with E-state index in [1.54, 1.807) is 0 Å². The number of nitrogens with two attached hydrogens (primary N) is 1. The standard InChI is InChI=1S/C13H20N2O2S/c1-11-2-3-12(14)10-13(11)18(16)9-6-15-4-7-17-8-5-15/h2-3,10H,4-9,14H2,1H3. The van der Waals surface area contributed by atoms with Crippen molar-refractivity contribution in [2.75, 3.05) is 44.3 Å². The molecule has 0 radical (unpaired) electrons. The van der Waals surface area contributed by atoms with Crippen molar-refractivity contribution in [2.45, 2.75) is 11.8 Å². The summed E-state index contributed by atoms with van der Waals surface area (Å²) < 4.78 is 17.5. The van der Waals surface area contributed by atoms with Gasteiger partial charge in [0.05, 0.1) is 24.0 Å². The first-order chi connectivity index (χ1) is 8.66. The minimum Gasteiger partial charge on any atom is -0.399 e. The predicted octanol–water partition coefficient (Wildman–Crippen LogP) is 1.02. The average Bonchev–Trinajstić information content (AvgIpc) is 2.40. The lowest BCUT2D eigenvalue weighted by atomic mass is 10.2. The number of ether oxygens (including phenoxy) is 1. The number of benzene rings is 1. The van der Waals surface area contributed by atoms with Crippen molar-refractivity contribution >= 4 is 16.5 Å². The molecule has 1 unspecified atom stereocenters. The smallest absolute Gasteiger partial charge is 0.0594 e. The van der Waals surface area contributed by atoms with E-state index in [9.17, 15) is 4.21 Å². The van der Waals surface area contributed by atoms with Crippen LogP contribution in [-0.4, -0.2) is 47.7 Å². The predicted molar refractivity (Wildman–Crippen MR) is 74.1 cm³/mol. The van der Waals surface area contributed by atoms with Gasteiger partial charge in [0.15, 0.2) is 0 Å². The second kappa shape index (κ2) is 6.31. The summed E-state index contributed by atoms with van der Waals surface area (Å²) in [5.41, 5.74) is 7.46. The fourth-order valence-electron chi connectivity index (χ4n) is 2.01. The summed E-state index contributed by atoms with van der Waals surface area (Å²) in [6, 6.07) is 5.60. The fourth-order valence-corrected chi connectivity index (χ4v) is 3.35. The number of aryl methyl sites for hydroxylation is 1. The molecule has 2 N–H and O–H groups in total. The van der Waals surface area contributed by atoms with Crippen LogP contribution in [-0.2, 0) is 15.5 Å². The molecule has 5 heteroatoms. The zero-order valence-electron chi connectivity index (χ0n) is 10.7. The van der Waals surface area contributed by atoms with Gasteiger partial charge in [-0.3, -0.25) is 9.11 Å². The van der Waals surface area contributed by atoms with E-state index in [-0.39, 0.29) is 0 Å². The molecule has 1 aliphatic heterocycles. The van der Waals surface area contributed by atoms with Crippen LogP contribution in [0.25, 0.3) is 0 Å². The number of rotatable bonds is 4. The van der Waals surface area contributed by atoms with Gasteiger partial charge in [0.2, 0.25) is 0 Å². The molecule has 1 atom stereocenters. The van der Waals surface area contributed by atoms with Crippen LogP contribution in [0.5, 0.6) is 0 Å². The third kappa shape index (κ3) is 3.54. The van der Waals surface area contributed by atoms with Gasteiger partial charge in [0.1, 0.15) is 0 Å². The van der Waals surface area contributed by atoms with Crippen LogP contribution in [0, 0.1) is 6.92 Å². The molecule has 1 aromatic carbocycles. The summed E-state index contributed by atoms with van der Waals surface area (Å²) in [6.45, 7) is 6.26. The lowest BCUT2D eigenvalue weighted by molar-refractivity contribution is 0.0409. The van der Waals surface area contributed by atoms with Crippen molar-refractivity contribution in [3.8, 4) is 0 Å². The van der Waals surface area contributed by atoms with Gasteiger partial charge in [0.25, 0.3) is 0 Å². The zero-order valence-corrected chi connectivity index (χ0v) is 11.5. The molecular formula is C13H20N2O2S.